The minimum absolute atomic E-state index is 0.0767. The molecule has 0 fully saturated rings. The second-order valence-electron chi connectivity index (χ2n) is 4.28. The average molecular weight is 272 g/mol. The Kier molecular flexibility index (Phi) is 4.55. The minimum Gasteiger partial charge on any atom is -0.459 e. The summed E-state index contributed by atoms with van der Waals surface area (Å²) in [5.74, 6) is -0.209. The van der Waals surface area contributed by atoms with Gasteiger partial charge in [-0.05, 0) is 30.7 Å². The van der Waals surface area contributed by atoms with Crippen molar-refractivity contribution < 1.29 is 14.0 Å². The monoisotopic (exact) mass is 272 g/mol. The van der Waals surface area contributed by atoms with E-state index >= 15 is 0 Å². The first-order chi connectivity index (χ1) is 9.70. The molecule has 5 heteroatoms. The number of para-hydroxylation sites is 2. The summed E-state index contributed by atoms with van der Waals surface area (Å²) >= 11 is 0. The van der Waals surface area contributed by atoms with Crippen LogP contribution in [0.1, 0.15) is 30.3 Å². The maximum atomic E-state index is 11.9. The lowest BCUT2D eigenvalue weighted by molar-refractivity contribution is -0.116. The largest absolute Gasteiger partial charge is 0.459 e. The quantitative estimate of drug-likeness (QED) is 0.877. The van der Waals surface area contributed by atoms with E-state index in [0.29, 0.717) is 17.8 Å². The first-order valence-electron chi connectivity index (χ1n) is 6.44. The van der Waals surface area contributed by atoms with Gasteiger partial charge in [-0.3, -0.25) is 9.59 Å². The summed E-state index contributed by atoms with van der Waals surface area (Å²) in [6.07, 6.45) is 2.65. The fourth-order valence-corrected chi connectivity index (χ4v) is 1.73. The maximum Gasteiger partial charge on any atom is 0.291 e. The second-order valence-corrected chi connectivity index (χ2v) is 4.28. The Morgan fingerprint density at radius 1 is 1.05 bits per heavy atom. The Bertz CT molecular complexity index is 591. The predicted molar refractivity (Wildman–Crippen MR) is 76.6 cm³/mol. The van der Waals surface area contributed by atoms with Gasteiger partial charge in [0.25, 0.3) is 5.91 Å². The van der Waals surface area contributed by atoms with Crippen molar-refractivity contribution in [3.63, 3.8) is 0 Å². The number of anilines is 2. The van der Waals surface area contributed by atoms with Crippen LogP contribution >= 0.6 is 0 Å². The Balaban J connectivity index is 2.11. The van der Waals surface area contributed by atoms with Gasteiger partial charge in [-0.2, -0.15) is 0 Å². The summed E-state index contributed by atoms with van der Waals surface area (Å²) < 4.78 is 5.03. The van der Waals surface area contributed by atoms with Crippen molar-refractivity contribution in [2.24, 2.45) is 0 Å². The number of carbonyl (C=O) groups excluding carboxylic acids is 2. The topological polar surface area (TPSA) is 71.3 Å². The standard InChI is InChI=1S/C15H16N2O3/c1-2-6-14(18)16-11-7-3-4-8-12(11)17-15(19)13-9-5-10-20-13/h3-5,7-10H,2,6H2,1H3,(H,16,18)(H,17,19). The van der Waals surface area contributed by atoms with Crippen molar-refractivity contribution in [3.05, 3.63) is 48.4 Å². The predicted octanol–water partition coefficient (Wildman–Crippen LogP) is 3.27. The van der Waals surface area contributed by atoms with Crippen molar-refractivity contribution in [2.75, 3.05) is 10.6 Å². The van der Waals surface area contributed by atoms with Gasteiger partial charge in [0.1, 0.15) is 0 Å². The van der Waals surface area contributed by atoms with E-state index in [1.165, 1.54) is 6.26 Å². The molecule has 0 aliphatic rings. The molecule has 0 aliphatic heterocycles. The SMILES string of the molecule is CCCC(=O)Nc1ccccc1NC(=O)c1ccco1. The molecule has 0 radical (unpaired) electrons. The number of carbonyl (C=O) groups is 2. The number of amides is 2. The molecule has 2 N–H and O–H groups in total. The Labute approximate surface area is 117 Å². The van der Waals surface area contributed by atoms with Crippen molar-refractivity contribution in [1.29, 1.82) is 0 Å². The molecule has 0 saturated carbocycles. The zero-order valence-electron chi connectivity index (χ0n) is 11.2. The van der Waals surface area contributed by atoms with Gasteiger partial charge in [0, 0.05) is 6.42 Å². The van der Waals surface area contributed by atoms with Gasteiger partial charge in [0.05, 0.1) is 17.6 Å². The zero-order valence-corrected chi connectivity index (χ0v) is 11.2. The summed E-state index contributed by atoms with van der Waals surface area (Å²) in [5.41, 5.74) is 1.12. The van der Waals surface area contributed by atoms with E-state index in [1.54, 1.807) is 36.4 Å². The Hall–Kier alpha value is -2.56. The lowest BCUT2D eigenvalue weighted by atomic mass is 10.2. The van der Waals surface area contributed by atoms with Crippen LogP contribution in [0.4, 0.5) is 11.4 Å². The lowest BCUT2D eigenvalue weighted by Gasteiger charge is -2.11. The van der Waals surface area contributed by atoms with Crippen molar-refractivity contribution in [1.82, 2.24) is 0 Å². The van der Waals surface area contributed by atoms with Crippen LogP contribution < -0.4 is 10.6 Å². The van der Waals surface area contributed by atoms with Gasteiger partial charge < -0.3 is 15.1 Å². The van der Waals surface area contributed by atoms with Crippen LogP contribution in [0.5, 0.6) is 0 Å². The molecule has 1 heterocycles. The first kappa shape index (κ1) is 13.9. The van der Waals surface area contributed by atoms with Crippen LogP contribution in [0.15, 0.2) is 47.1 Å². The van der Waals surface area contributed by atoms with Gasteiger partial charge in [-0.15, -0.1) is 0 Å². The third kappa shape index (κ3) is 3.47. The van der Waals surface area contributed by atoms with Gasteiger partial charge in [-0.25, -0.2) is 0 Å². The fourth-order valence-electron chi connectivity index (χ4n) is 1.73. The molecule has 0 bridgehead atoms. The molecule has 0 atom stereocenters. The number of hydrogen-bond acceptors (Lipinski definition) is 3. The zero-order chi connectivity index (χ0) is 14.4. The van der Waals surface area contributed by atoms with Crippen molar-refractivity contribution in [2.45, 2.75) is 19.8 Å². The van der Waals surface area contributed by atoms with E-state index in [-0.39, 0.29) is 17.6 Å². The number of nitrogens with one attached hydrogen (secondary N) is 2. The summed E-state index contributed by atoms with van der Waals surface area (Å²) in [5, 5.41) is 5.49. The average Bonchev–Trinajstić information content (AvgIpc) is 2.95. The van der Waals surface area contributed by atoms with E-state index in [1.807, 2.05) is 6.92 Å². The molecule has 0 spiro atoms. The van der Waals surface area contributed by atoms with Gasteiger partial charge in [0.15, 0.2) is 5.76 Å². The number of furan rings is 1. The molecule has 5 nitrogen and oxygen atoms in total. The van der Waals surface area contributed by atoms with Gasteiger partial charge in [-0.1, -0.05) is 19.1 Å². The smallest absolute Gasteiger partial charge is 0.291 e. The summed E-state index contributed by atoms with van der Waals surface area (Å²) in [6, 6.07) is 10.3. The molecule has 20 heavy (non-hydrogen) atoms. The molecule has 104 valence electrons. The maximum absolute atomic E-state index is 11.9. The highest BCUT2D eigenvalue weighted by Gasteiger charge is 2.12. The van der Waals surface area contributed by atoms with E-state index in [4.69, 9.17) is 4.42 Å². The van der Waals surface area contributed by atoms with E-state index < -0.39 is 0 Å². The molecule has 2 amide bonds. The Morgan fingerprint density at radius 2 is 1.75 bits per heavy atom. The molecule has 0 unspecified atom stereocenters. The Morgan fingerprint density at radius 3 is 2.35 bits per heavy atom. The normalized spacial score (nSPS) is 10.1. The van der Waals surface area contributed by atoms with E-state index in [2.05, 4.69) is 10.6 Å². The number of hydrogen-bond donors (Lipinski definition) is 2. The van der Waals surface area contributed by atoms with Gasteiger partial charge in [0.2, 0.25) is 5.91 Å². The molecule has 1 aromatic carbocycles. The van der Waals surface area contributed by atoms with Gasteiger partial charge >= 0.3 is 0 Å². The second kappa shape index (κ2) is 6.56. The highest BCUT2D eigenvalue weighted by Crippen LogP contribution is 2.22. The van der Waals surface area contributed by atoms with E-state index in [9.17, 15) is 9.59 Å². The van der Waals surface area contributed by atoms with Crippen molar-refractivity contribution in [3.8, 4) is 0 Å². The summed E-state index contributed by atoms with van der Waals surface area (Å²) in [7, 11) is 0. The first-order valence-corrected chi connectivity index (χ1v) is 6.44. The lowest BCUT2D eigenvalue weighted by Crippen LogP contribution is -2.16. The van der Waals surface area contributed by atoms with Crippen LogP contribution in [-0.2, 0) is 4.79 Å². The van der Waals surface area contributed by atoms with Crippen LogP contribution in [-0.4, -0.2) is 11.8 Å². The fraction of sp³-hybridized carbons (Fsp3) is 0.200. The molecular weight excluding hydrogens is 256 g/mol. The van der Waals surface area contributed by atoms with Crippen molar-refractivity contribution >= 4 is 23.2 Å². The number of rotatable bonds is 5. The molecule has 2 rings (SSSR count). The van der Waals surface area contributed by atoms with E-state index in [0.717, 1.165) is 6.42 Å². The number of benzene rings is 1. The summed E-state index contributed by atoms with van der Waals surface area (Å²) in [6.45, 7) is 1.93. The highest BCUT2D eigenvalue weighted by atomic mass is 16.3. The molecule has 0 saturated heterocycles. The molecule has 1 aromatic heterocycles. The molecular formula is C15H16N2O3. The minimum atomic E-state index is -0.354. The highest BCUT2D eigenvalue weighted by molar-refractivity contribution is 6.05. The molecule has 2 aromatic rings. The third-order valence-electron chi connectivity index (χ3n) is 2.67. The van der Waals surface area contributed by atoms with Crippen LogP contribution in [0.25, 0.3) is 0 Å². The summed E-state index contributed by atoms with van der Waals surface area (Å²) in [4.78, 5) is 23.6. The van der Waals surface area contributed by atoms with Crippen LogP contribution in [0.3, 0.4) is 0 Å². The third-order valence-corrected chi connectivity index (χ3v) is 2.67. The molecule has 0 aliphatic carbocycles. The van der Waals surface area contributed by atoms with Crippen LogP contribution in [0.2, 0.25) is 0 Å². The van der Waals surface area contributed by atoms with Crippen LogP contribution in [0, 0.1) is 0 Å².